The summed E-state index contributed by atoms with van der Waals surface area (Å²) >= 11 is 10.4. The standard InChI is InChI=1S/C9H10ClFN2O5S/c10-3-1-13(8(19)12-6(3)17)7-4(15)5(16)9(11,2-14)18-7/h1,4-5,7,14-16H,2H2,(H,12,17,19)/t4-,5+,7-,9-/m1/s1/i7D. The van der Waals surface area contributed by atoms with Crippen LogP contribution in [0.1, 0.15) is 7.57 Å². The molecule has 4 atom stereocenters. The molecule has 2 rings (SSSR count). The van der Waals surface area contributed by atoms with Crippen molar-refractivity contribution in [3.63, 3.8) is 0 Å². The minimum Gasteiger partial charge on any atom is -0.390 e. The van der Waals surface area contributed by atoms with Crippen LogP contribution in [0.4, 0.5) is 4.39 Å². The molecule has 0 aliphatic carbocycles. The van der Waals surface area contributed by atoms with Gasteiger partial charge in [-0.15, -0.1) is 0 Å². The first-order chi connectivity index (χ1) is 9.15. The monoisotopic (exact) mass is 313 g/mol. The summed E-state index contributed by atoms with van der Waals surface area (Å²) in [5, 5.41) is 27.9. The van der Waals surface area contributed by atoms with E-state index in [1.54, 1.807) is 0 Å². The van der Waals surface area contributed by atoms with Gasteiger partial charge in [0, 0.05) is 6.20 Å². The summed E-state index contributed by atoms with van der Waals surface area (Å²) in [4.78, 5) is 13.3. The Labute approximate surface area is 117 Å². The van der Waals surface area contributed by atoms with Gasteiger partial charge in [0.2, 0.25) is 0 Å². The number of nitrogens with one attached hydrogen (secondary N) is 1. The minimum atomic E-state index is -3.04. The molecule has 1 aliphatic heterocycles. The summed E-state index contributed by atoms with van der Waals surface area (Å²) in [5.41, 5.74) is -0.738. The lowest BCUT2D eigenvalue weighted by atomic mass is 10.1. The number of aromatic amines is 1. The molecule has 1 aliphatic rings. The first-order valence-electron chi connectivity index (χ1n) is 5.54. The third-order valence-corrected chi connectivity index (χ3v) is 3.19. The molecule has 19 heavy (non-hydrogen) atoms. The van der Waals surface area contributed by atoms with E-state index >= 15 is 0 Å². The van der Waals surface area contributed by atoms with Crippen molar-refractivity contribution >= 4 is 23.8 Å². The highest BCUT2D eigenvalue weighted by atomic mass is 35.5. The Morgan fingerprint density at radius 3 is 2.89 bits per heavy atom. The van der Waals surface area contributed by atoms with Crippen molar-refractivity contribution < 1.29 is 25.8 Å². The summed E-state index contributed by atoms with van der Waals surface area (Å²) in [6.45, 7) is -1.28. The molecule has 2 heterocycles. The highest BCUT2D eigenvalue weighted by Crippen LogP contribution is 2.38. The number of hydrogen-bond donors (Lipinski definition) is 4. The van der Waals surface area contributed by atoms with E-state index < -0.39 is 36.4 Å². The normalized spacial score (nSPS) is 39.3. The predicted molar refractivity (Wildman–Crippen MR) is 64.0 cm³/mol. The molecule has 1 fully saturated rings. The van der Waals surface area contributed by atoms with Crippen LogP contribution in [0.15, 0.2) is 11.0 Å². The van der Waals surface area contributed by atoms with E-state index in [1.807, 2.05) is 0 Å². The highest BCUT2D eigenvalue weighted by Gasteiger charge is 2.55. The molecular weight excluding hydrogens is 303 g/mol. The molecule has 0 bridgehead atoms. The zero-order valence-corrected chi connectivity index (χ0v) is 10.8. The zero-order chi connectivity index (χ0) is 15.3. The van der Waals surface area contributed by atoms with Crippen LogP contribution in [0.3, 0.4) is 0 Å². The summed E-state index contributed by atoms with van der Waals surface area (Å²) < 4.78 is 26.9. The average Bonchev–Trinajstić information content (AvgIpc) is 2.56. The quantitative estimate of drug-likeness (QED) is 0.547. The number of alkyl halides is 1. The molecule has 1 saturated heterocycles. The van der Waals surface area contributed by atoms with Crippen molar-refractivity contribution in [3.8, 4) is 0 Å². The molecule has 106 valence electrons. The van der Waals surface area contributed by atoms with Gasteiger partial charge >= 0.3 is 0 Å². The smallest absolute Gasteiger partial charge is 0.270 e. The van der Waals surface area contributed by atoms with Crippen LogP contribution in [0, 0.1) is 4.77 Å². The van der Waals surface area contributed by atoms with Gasteiger partial charge in [-0.1, -0.05) is 11.6 Å². The molecule has 0 saturated carbocycles. The number of aromatic nitrogens is 2. The maximum absolute atomic E-state index is 14.0. The number of nitrogens with zero attached hydrogens (tertiary/aromatic N) is 1. The molecule has 0 aromatic carbocycles. The SMILES string of the molecule is [2H][C@@]1(n2cc(Cl)c(=O)[nH]c2=S)O[C@](F)(CO)[C@@H](O)[C@H]1O. The van der Waals surface area contributed by atoms with Crippen LogP contribution in [0.5, 0.6) is 0 Å². The van der Waals surface area contributed by atoms with Crippen LogP contribution >= 0.6 is 23.8 Å². The number of halogens is 2. The van der Waals surface area contributed by atoms with Crippen molar-refractivity contribution in [2.24, 2.45) is 0 Å². The summed E-state index contributed by atoms with van der Waals surface area (Å²) in [7, 11) is 0. The van der Waals surface area contributed by atoms with Gasteiger partial charge in [0.05, 0.1) is 1.37 Å². The van der Waals surface area contributed by atoms with Crippen LogP contribution in [-0.2, 0) is 4.74 Å². The fourth-order valence-electron chi connectivity index (χ4n) is 1.59. The molecule has 1 aromatic rings. The lowest BCUT2D eigenvalue weighted by Crippen LogP contribution is -2.42. The number of H-pyrrole nitrogens is 1. The second-order valence-corrected chi connectivity index (χ2v) is 4.67. The summed E-state index contributed by atoms with van der Waals surface area (Å²) in [5.74, 6) is -3.04. The third-order valence-electron chi connectivity index (χ3n) is 2.62. The third kappa shape index (κ3) is 2.33. The Kier molecular flexibility index (Phi) is 3.41. The van der Waals surface area contributed by atoms with E-state index in [4.69, 9.17) is 30.3 Å². The number of hydrogen-bond acceptors (Lipinski definition) is 6. The van der Waals surface area contributed by atoms with E-state index in [0.717, 1.165) is 6.20 Å². The maximum atomic E-state index is 14.0. The molecule has 0 amide bonds. The van der Waals surface area contributed by atoms with Crippen molar-refractivity contribution in [1.29, 1.82) is 0 Å². The van der Waals surface area contributed by atoms with Crippen LogP contribution in [-0.4, -0.2) is 49.5 Å². The van der Waals surface area contributed by atoms with Gasteiger partial charge in [-0.05, 0) is 12.2 Å². The zero-order valence-electron chi connectivity index (χ0n) is 10.2. The second-order valence-electron chi connectivity index (χ2n) is 3.88. The minimum absolute atomic E-state index is 0.372. The van der Waals surface area contributed by atoms with Gasteiger partial charge < -0.3 is 20.1 Å². The van der Waals surface area contributed by atoms with E-state index in [0.29, 0.717) is 4.57 Å². The molecule has 10 heteroatoms. The van der Waals surface area contributed by atoms with E-state index in [9.17, 15) is 19.4 Å². The first kappa shape index (κ1) is 13.2. The largest absolute Gasteiger partial charge is 0.390 e. The molecular formula is C9H10ClFN2O5S. The van der Waals surface area contributed by atoms with Crippen molar-refractivity contribution in [2.45, 2.75) is 24.3 Å². The van der Waals surface area contributed by atoms with E-state index in [1.165, 1.54) is 0 Å². The van der Waals surface area contributed by atoms with Crippen LogP contribution < -0.4 is 5.56 Å². The fraction of sp³-hybridized carbons (Fsp3) is 0.556. The first-order valence-corrected chi connectivity index (χ1v) is 5.82. The van der Waals surface area contributed by atoms with Crippen molar-refractivity contribution in [1.82, 2.24) is 9.55 Å². The van der Waals surface area contributed by atoms with Crippen molar-refractivity contribution in [3.05, 3.63) is 26.3 Å². The predicted octanol–water partition coefficient (Wildman–Crippen LogP) is -0.532. The van der Waals surface area contributed by atoms with Gasteiger partial charge in [-0.3, -0.25) is 14.3 Å². The molecule has 7 nitrogen and oxygen atoms in total. The molecule has 0 unspecified atom stereocenters. The highest BCUT2D eigenvalue weighted by molar-refractivity contribution is 7.71. The fourth-order valence-corrected chi connectivity index (χ4v) is 1.97. The number of rotatable bonds is 2. The van der Waals surface area contributed by atoms with Gasteiger partial charge in [0.1, 0.15) is 23.8 Å². The van der Waals surface area contributed by atoms with Crippen LogP contribution in [0.2, 0.25) is 5.02 Å². The summed E-state index contributed by atoms with van der Waals surface area (Å²) in [6, 6.07) is 0. The van der Waals surface area contributed by atoms with Gasteiger partial charge in [0.15, 0.2) is 11.0 Å². The van der Waals surface area contributed by atoms with E-state index in [-0.39, 0.29) is 9.79 Å². The molecule has 4 N–H and O–H groups in total. The Bertz CT molecular complexity index is 656. The molecule has 0 radical (unpaired) electrons. The average molecular weight is 314 g/mol. The molecule has 1 aromatic heterocycles. The van der Waals surface area contributed by atoms with Gasteiger partial charge in [-0.25, -0.2) is 4.39 Å². The maximum Gasteiger partial charge on any atom is 0.270 e. The number of aliphatic hydroxyl groups is 3. The van der Waals surface area contributed by atoms with Crippen molar-refractivity contribution in [2.75, 3.05) is 6.61 Å². The molecule has 0 spiro atoms. The summed E-state index contributed by atoms with van der Waals surface area (Å²) in [6.07, 6.45) is -5.98. The number of aliphatic hydroxyl groups excluding tert-OH is 3. The van der Waals surface area contributed by atoms with E-state index in [2.05, 4.69) is 9.72 Å². The van der Waals surface area contributed by atoms with Gasteiger partial charge in [0.25, 0.3) is 11.4 Å². The Morgan fingerprint density at radius 2 is 2.37 bits per heavy atom. The topological polar surface area (TPSA) is 108 Å². The Morgan fingerprint density at radius 1 is 1.74 bits per heavy atom. The number of ether oxygens (including phenoxy) is 1. The lowest BCUT2D eigenvalue weighted by molar-refractivity contribution is -0.207. The van der Waals surface area contributed by atoms with Gasteiger partial charge in [-0.2, -0.15) is 0 Å². The lowest BCUT2D eigenvalue weighted by Gasteiger charge is -2.20. The Balaban J connectivity index is 2.60. The van der Waals surface area contributed by atoms with Crippen LogP contribution in [0.25, 0.3) is 0 Å². The Hall–Kier alpha value is -0.840. The second kappa shape index (κ2) is 4.93.